The molecule has 5 aromatic rings. The predicted octanol–water partition coefficient (Wildman–Crippen LogP) is 7.82. The Morgan fingerprint density at radius 3 is 2.18 bits per heavy atom. The van der Waals surface area contributed by atoms with Crippen LogP contribution in [0.4, 0.5) is 17.1 Å². The number of sulfonamides is 1. The Morgan fingerprint density at radius 2 is 1.52 bits per heavy atom. The number of ether oxygens (including phenoxy) is 1. The summed E-state index contributed by atoms with van der Waals surface area (Å²) in [6, 6.07) is 36.4. The lowest BCUT2D eigenvalue weighted by molar-refractivity contribution is 0.0968. The number of halogens is 1. The molecule has 1 aliphatic heterocycles. The number of rotatable bonds is 8. The molecule has 0 spiro atoms. The maximum Gasteiger partial charge on any atom is 0.262 e. The van der Waals surface area contributed by atoms with Crippen LogP contribution in [0, 0.1) is 6.92 Å². The van der Waals surface area contributed by atoms with Gasteiger partial charge in [0.2, 0.25) is 0 Å². The van der Waals surface area contributed by atoms with Gasteiger partial charge in [-0.3, -0.25) is 14.4 Å². The number of carbonyl (C=O) groups excluding carboxylic acids is 1. The number of nitrogens with one attached hydrogen (secondary N) is 1. The first-order valence-electron chi connectivity index (χ1n) is 14.0. The second-order valence-electron chi connectivity index (χ2n) is 10.6. The molecule has 0 saturated heterocycles. The van der Waals surface area contributed by atoms with Crippen LogP contribution in [0.3, 0.4) is 0 Å². The fraction of sp³-hybridized carbons (Fsp3) is 0.114. The van der Waals surface area contributed by atoms with Gasteiger partial charge >= 0.3 is 0 Å². The molecule has 9 heteroatoms. The lowest BCUT2D eigenvalue weighted by Gasteiger charge is -2.46. The molecule has 6 rings (SSSR count). The van der Waals surface area contributed by atoms with E-state index in [1.807, 2.05) is 73.7 Å². The van der Waals surface area contributed by atoms with Gasteiger partial charge in [-0.1, -0.05) is 71.8 Å². The fourth-order valence-electron chi connectivity index (χ4n) is 5.37. The van der Waals surface area contributed by atoms with Gasteiger partial charge in [-0.2, -0.15) is 0 Å². The summed E-state index contributed by atoms with van der Waals surface area (Å²) in [6.45, 7) is 2.38. The lowest BCUT2D eigenvalue weighted by Crippen LogP contribution is -2.49. The topological polar surface area (TPSA) is 78.9 Å². The molecular formula is C35H30ClN3O4S. The molecule has 1 aliphatic rings. The van der Waals surface area contributed by atoms with E-state index in [1.165, 1.54) is 6.07 Å². The zero-order valence-electron chi connectivity index (χ0n) is 24.1. The average Bonchev–Trinajstić information content (AvgIpc) is 3.04. The smallest absolute Gasteiger partial charge is 0.262 e. The van der Waals surface area contributed by atoms with Gasteiger partial charge in [-0.15, -0.1) is 0 Å². The van der Waals surface area contributed by atoms with Crippen molar-refractivity contribution in [2.45, 2.75) is 24.5 Å². The Morgan fingerprint density at radius 1 is 0.841 bits per heavy atom. The van der Waals surface area contributed by atoms with Crippen molar-refractivity contribution in [1.82, 2.24) is 0 Å². The third kappa shape index (κ3) is 5.86. The lowest BCUT2D eigenvalue weighted by atomic mass is 9.99. The normalized spacial score (nSPS) is 14.7. The molecule has 0 fully saturated rings. The van der Waals surface area contributed by atoms with Crippen LogP contribution in [0.25, 0.3) is 0 Å². The van der Waals surface area contributed by atoms with Crippen LogP contribution < -0.4 is 19.3 Å². The number of benzene rings is 5. The number of hydrogen-bond acceptors (Lipinski definition) is 5. The Kier molecular flexibility index (Phi) is 8.03. The Bertz CT molecular complexity index is 1900. The van der Waals surface area contributed by atoms with E-state index in [1.54, 1.807) is 60.5 Å². The number of carbonyl (C=O) groups is 1. The van der Waals surface area contributed by atoms with Crippen LogP contribution in [0.5, 0.6) is 5.75 Å². The molecule has 222 valence electrons. The van der Waals surface area contributed by atoms with Crippen LogP contribution in [0.2, 0.25) is 5.02 Å². The van der Waals surface area contributed by atoms with Gasteiger partial charge in [0, 0.05) is 22.9 Å². The number of hydrogen-bond donors (Lipinski definition) is 1. The zero-order chi connectivity index (χ0) is 30.8. The first-order valence-corrected chi connectivity index (χ1v) is 15.9. The van der Waals surface area contributed by atoms with Crippen LogP contribution >= 0.6 is 11.6 Å². The van der Waals surface area contributed by atoms with Crippen molar-refractivity contribution < 1.29 is 17.9 Å². The number of amides is 1. The number of methoxy groups -OCH3 is 1. The summed E-state index contributed by atoms with van der Waals surface area (Å²) in [5.74, 6) is 0.320. The minimum Gasteiger partial charge on any atom is -0.497 e. The van der Waals surface area contributed by atoms with Gasteiger partial charge in [0.05, 0.1) is 23.3 Å². The number of fused-ring (bicyclic) bond motifs is 1. The zero-order valence-corrected chi connectivity index (χ0v) is 25.7. The van der Waals surface area contributed by atoms with Gasteiger partial charge in [0.15, 0.2) is 0 Å². The van der Waals surface area contributed by atoms with Gasteiger partial charge < -0.3 is 9.64 Å². The largest absolute Gasteiger partial charge is 0.497 e. The van der Waals surface area contributed by atoms with Crippen LogP contribution in [0.1, 0.15) is 33.2 Å². The van der Waals surface area contributed by atoms with E-state index in [0.717, 1.165) is 16.7 Å². The highest BCUT2D eigenvalue weighted by Gasteiger charge is 2.40. The van der Waals surface area contributed by atoms with E-state index in [4.69, 9.17) is 16.3 Å². The highest BCUT2D eigenvalue weighted by atomic mass is 35.5. The molecule has 1 N–H and O–H groups in total. The summed E-state index contributed by atoms with van der Waals surface area (Å²) in [7, 11) is -2.41. The monoisotopic (exact) mass is 623 g/mol. The third-order valence-electron chi connectivity index (χ3n) is 7.60. The minimum absolute atomic E-state index is 0.00976. The Labute approximate surface area is 262 Å². The van der Waals surface area contributed by atoms with Crippen LogP contribution in [-0.4, -0.2) is 21.4 Å². The summed E-state index contributed by atoms with van der Waals surface area (Å²) >= 11 is 6.27. The van der Waals surface area contributed by atoms with Crippen molar-refractivity contribution in [1.29, 1.82) is 0 Å². The highest BCUT2D eigenvalue weighted by Crippen LogP contribution is 2.43. The molecule has 0 aliphatic carbocycles. The van der Waals surface area contributed by atoms with E-state index >= 15 is 0 Å². The first-order chi connectivity index (χ1) is 21.2. The number of nitrogens with zero attached hydrogens (tertiary/aromatic N) is 2. The van der Waals surface area contributed by atoms with E-state index < -0.39 is 16.2 Å². The molecular weight excluding hydrogens is 594 g/mol. The maximum absolute atomic E-state index is 14.5. The van der Waals surface area contributed by atoms with Gasteiger partial charge in [-0.25, -0.2) is 8.42 Å². The Balaban J connectivity index is 1.51. The fourth-order valence-corrected chi connectivity index (χ4v) is 6.58. The minimum atomic E-state index is -3.99. The van der Waals surface area contributed by atoms with Gasteiger partial charge in [0.1, 0.15) is 11.9 Å². The van der Waals surface area contributed by atoms with E-state index in [-0.39, 0.29) is 16.4 Å². The van der Waals surface area contributed by atoms with Crippen molar-refractivity contribution in [3.8, 4) is 5.75 Å². The predicted molar refractivity (Wildman–Crippen MR) is 175 cm³/mol. The molecule has 1 heterocycles. The van der Waals surface area contributed by atoms with Crippen molar-refractivity contribution in [3.05, 3.63) is 149 Å². The number of aryl methyl sites for hydroxylation is 1. The third-order valence-corrected chi connectivity index (χ3v) is 9.23. The maximum atomic E-state index is 14.5. The van der Waals surface area contributed by atoms with Crippen molar-refractivity contribution in [3.63, 3.8) is 0 Å². The molecule has 0 unspecified atom stereocenters. The van der Waals surface area contributed by atoms with Crippen molar-refractivity contribution >= 4 is 44.6 Å². The molecule has 0 bridgehead atoms. The molecule has 1 atom stereocenters. The quantitative estimate of drug-likeness (QED) is 0.191. The van der Waals surface area contributed by atoms with E-state index in [2.05, 4.69) is 9.62 Å². The van der Waals surface area contributed by atoms with Crippen LogP contribution in [0.15, 0.2) is 126 Å². The second kappa shape index (κ2) is 12.1. The van der Waals surface area contributed by atoms with Crippen LogP contribution in [-0.2, 0) is 16.6 Å². The van der Waals surface area contributed by atoms with Crippen molar-refractivity contribution in [2.75, 3.05) is 21.6 Å². The SMILES string of the molecule is COc1ccc(N2C(=O)c3cc(S(=O)(=O)Nc4ccc(C)cc4)ccc3N(Cc3ccccc3)[C@@H]2c2ccc(Cl)cc2)cc1. The molecule has 0 saturated carbocycles. The molecule has 1 amide bonds. The second-order valence-corrected chi connectivity index (χ2v) is 12.7. The highest BCUT2D eigenvalue weighted by molar-refractivity contribution is 7.92. The standard InChI is InChI=1S/C35H30ClN3O4S/c1-24-8-14-28(15-9-24)37-44(41,42)31-20-21-33-32(22-31)35(40)39(29-16-18-30(43-2)19-17-29)34(26-10-12-27(36)13-11-26)38(33)23-25-6-4-3-5-7-25/h3-22,34,37H,23H2,1-2H3/t34-/m0/s1. The van der Waals surface area contributed by atoms with Gasteiger partial charge in [-0.05, 0) is 84.8 Å². The Hall–Kier alpha value is -4.79. The van der Waals surface area contributed by atoms with Crippen molar-refractivity contribution in [2.24, 2.45) is 0 Å². The molecule has 7 nitrogen and oxygen atoms in total. The molecule has 44 heavy (non-hydrogen) atoms. The van der Waals surface area contributed by atoms with E-state index in [9.17, 15) is 13.2 Å². The summed E-state index contributed by atoms with van der Waals surface area (Å²) in [6.07, 6.45) is -0.561. The summed E-state index contributed by atoms with van der Waals surface area (Å²) in [5.41, 5.74) is 4.85. The summed E-state index contributed by atoms with van der Waals surface area (Å²) in [5, 5.41) is 0.581. The molecule has 0 aromatic heterocycles. The first kappa shape index (κ1) is 29.3. The summed E-state index contributed by atoms with van der Waals surface area (Å²) in [4.78, 5) is 18.3. The molecule has 5 aromatic carbocycles. The van der Waals surface area contributed by atoms with Gasteiger partial charge in [0.25, 0.3) is 15.9 Å². The summed E-state index contributed by atoms with van der Waals surface area (Å²) < 4.78 is 35.0. The molecule has 0 radical (unpaired) electrons. The average molecular weight is 624 g/mol. The number of anilines is 3. The van der Waals surface area contributed by atoms with E-state index in [0.29, 0.717) is 34.4 Å².